The molecule has 0 aliphatic heterocycles. The molecule has 1 aromatic carbocycles. The smallest absolute Gasteiger partial charge is 0.181 e. The summed E-state index contributed by atoms with van der Waals surface area (Å²) in [5.41, 5.74) is 5.47. The van der Waals surface area contributed by atoms with E-state index >= 15 is 0 Å². The summed E-state index contributed by atoms with van der Waals surface area (Å²) >= 11 is 6.10. The van der Waals surface area contributed by atoms with Crippen molar-refractivity contribution in [2.24, 2.45) is 0 Å². The van der Waals surface area contributed by atoms with Gasteiger partial charge in [0, 0.05) is 17.1 Å². The maximum atomic E-state index is 12.4. The summed E-state index contributed by atoms with van der Waals surface area (Å²) in [6.45, 7) is 9.76. The highest BCUT2D eigenvalue weighted by Gasteiger charge is 2.22. The van der Waals surface area contributed by atoms with Crippen LogP contribution in [0, 0.1) is 27.7 Å². The lowest BCUT2D eigenvalue weighted by Crippen LogP contribution is -2.06. The van der Waals surface area contributed by atoms with Crippen molar-refractivity contribution in [2.75, 3.05) is 0 Å². The van der Waals surface area contributed by atoms with E-state index in [9.17, 15) is 4.79 Å². The van der Waals surface area contributed by atoms with Gasteiger partial charge in [-0.25, -0.2) is 9.97 Å². The van der Waals surface area contributed by atoms with E-state index in [2.05, 4.69) is 14.5 Å². The van der Waals surface area contributed by atoms with Crippen LogP contribution in [0.4, 0.5) is 0 Å². The van der Waals surface area contributed by atoms with Gasteiger partial charge in [0.25, 0.3) is 0 Å². The van der Waals surface area contributed by atoms with Crippen molar-refractivity contribution < 1.29 is 4.79 Å². The summed E-state index contributed by atoms with van der Waals surface area (Å²) in [6, 6.07) is 5.79. The number of aromatic nitrogens is 3. The molecule has 0 atom stereocenters. The quantitative estimate of drug-likeness (QED) is 0.636. The average molecular weight is 342 g/mol. The minimum atomic E-state index is 0.0404. The van der Waals surface area contributed by atoms with Crippen LogP contribution in [0.1, 0.15) is 46.5 Å². The molecule has 0 spiro atoms. The van der Waals surface area contributed by atoms with E-state index in [1.165, 1.54) is 0 Å². The predicted molar refractivity (Wildman–Crippen MR) is 97.4 cm³/mol. The maximum Gasteiger partial charge on any atom is 0.181 e. The molecule has 5 heteroatoms. The summed E-state index contributed by atoms with van der Waals surface area (Å²) in [7, 11) is 0. The van der Waals surface area contributed by atoms with Gasteiger partial charge in [0.15, 0.2) is 5.78 Å². The number of Topliss-reactive ketones (excluding diaryl/α,β-unsaturated/α-hetero) is 1. The topological polar surface area (TPSA) is 47.8 Å². The van der Waals surface area contributed by atoms with E-state index in [0.717, 1.165) is 33.5 Å². The minimum Gasteiger partial charge on any atom is -0.298 e. The van der Waals surface area contributed by atoms with Crippen LogP contribution in [0.25, 0.3) is 16.7 Å². The highest BCUT2D eigenvalue weighted by Crippen LogP contribution is 2.31. The summed E-state index contributed by atoms with van der Waals surface area (Å²) in [6.07, 6.45) is 0.426. The molecule has 0 saturated carbocycles. The molecule has 4 nitrogen and oxygen atoms in total. The zero-order valence-corrected chi connectivity index (χ0v) is 15.3. The van der Waals surface area contributed by atoms with Gasteiger partial charge in [-0.05, 0) is 57.0 Å². The van der Waals surface area contributed by atoms with Gasteiger partial charge in [-0.3, -0.25) is 9.36 Å². The highest BCUT2D eigenvalue weighted by atomic mass is 35.5. The molecule has 124 valence electrons. The Bertz CT molecular complexity index is 973. The minimum absolute atomic E-state index is 0.0404. The lowest BCUT2D eigenvalue weighted by Gasteiger charge is -2.12. The number of hydrogen-bond acceptors (Lipinski definition) is 3. The standard InChI is InChI=1S/C19H20ClN3O/c1-6-16(24)18-17-11(3)12(4)23(19(17)22-13(5)21-18)15-8-7-14(20)9-10(15)2/h7-9H,6H2,1-5H3. The molecule has 24 heavy (non-hydrogen) atoms. The SMILES string of the molecule is CCC(=O)c1nc(C)nc2c1c(C)c(C)n2-c1ccc(Cl)cc1C. The second kappa shape index (κ2) is 6.02. The number of benzene rings is 1. The van der Waals surface area contributed by atoms with Crippen molar-refractivity contribution in [3.8, 4) is 5.69 Å². The first-order valence-electron chi connectivity index (χ1n) is 8.01. The third-order valence-corrected chi connectivity index (χ3v) is 4.69. The van der Waals surface area contributed by atoms with E-state index in [-0.39, 0.29) is 5.78 Å². The zero-order valence-electron chi connectivity index (χ0n) is 14.6. The number of hydrogen-bond donors (Lipinski definition) is 0. The fourth-order valence-electron chi connectivity index (χ4n) is 3.11. The third-order valence-electron chi connectivity index (χ3n) is 4.45. The van der Waals surface area contributed by atoms with Crippen LogP contribution in [0.15, 0.2) is 18.2 Å². The van der Waals surface area contributed by atoms with Gasteiger partial charge in [0.2, 0.25) is 0 Å². The Morgan fingerprint density at radius 2 is 1.88 bits per heavy atom. The van der Waals surface area contributed by atoms with Crippen LogP contribution < -0.4 is 0 Å². The Hall–Kier alpha value is -2.20. The number of ketones is 1. The Kier molecular flexibility index (Phi) is 4.18. The number of carbonyl (C=O) groups excluding carboxylic acids is 1. The van der Waals surface area contributed by atoms with Gasteiger partial charge in [-0.2, -0.15) is 0 Å². The molecule has 0 aliphatic carbocycles. The Morgan fingerprint density at radius 3 is 2.50 bits per heavy atom. The third kappa shape index (κ3) is 2.51. The van der Waals surface area contributed by atoms with E-state index < -0.39 is 0 Å². The molecule has 0 amide bonds. The van der Waals surface area contributed by atoms with Gasteiger partial charge in [-0.15, -0.1) is 0 Å². The second-order valence-electron chi connectivity index (χ2n) is 6.07. The molecule has 0 bridgehead atoms. The first-order chi connectivity index (χ1) is 11.3. The van der Waals surface area contributed by atoms with Gasteiger partial charge >= 0.3 is 0 Å². The number of halogens is 1. The van der Waals surface area contributed by atoms with E-state index in [0.29, 0.717) is 23.0 Å². The first kappa shape index (κ1) is 16.7. The molecule has 0 N–H and O–H groups in total. The molecule has 3 aromatic rings. The summed E-state index contributed by atoms with van der Waals surface area (Å²) in [5, 5.41) is 1.55. The van der Waals surface area contributed by atoms with Gasteiger partial charge in [0.1, 0.15) is 17.2 Å². The van der Waals surface area contributed by atoms with Gasteiger partial charge in [0.05, 0.1) is 11.1 Å². The van der Waals surface area contributed by atoms with Crippen LogP contribution in [0.5, 0.6) is 0 Å². The first-order valence-corrected chi connectivity index (χ1v) is 8.39. The fraction of sp³-hybridized carbons (Fsp3) is 0.316. The normalized spacial score (nSPS) is 11.2. The number of aryl methyl sites for hydroxylation is 3. The van der Waals surface area contributed by atoms with Gasteiger partial charge < -0.3 is 0 Å². The lowest BCUT2D eigenvalue weighted by molar-refractivity contribution is 0.0984. The van der Waals surface area contributed by atoms with E-state index in [1.807, 2.05) is 52.8 Å². The molecule has 2 aromatic heterocycles. The summed E-state index contributed by atoms with van der Waals surface area (Å²) < 4.78 is 2.09. The second-order valence-corrected chi connectivity index (χ2v) is 6.51. The number of rotatable bonds is 3. The lowest BCUT2D eigenvalue weighted by atomic mass is 10.1. The van der Waals surface area contributed by atoms with Crippen LogP contribution in [-0.4, -0.2) is 20.3 Å². The summed E-state index contributed by atoms with van der Waals surface area (Å²) in [5.74, 6) is 0.642. The van der Waals surface area contributed by atoms with Crippen LogP contribution in [-0.2, 0) is 0 Å². The number of nitrogens with zero attached hydrogens (tertiary/aromatic N) is 3. The van der Waals surface area contributed by atoms with Crippen molar-refractivity contribution in [1.82, 2.24) is 14.5 Å². The molecule has 0 saturated heterocycles. The Balaban J connectivity index is 2.44. The molecule has 0 fully saturated rings. The molecular weight excluding hydrogens is 322 g/mol. The van der Waals surface area contributed by atoms with Crippen LogP contribution in [0.3, 0.4) is 0 Å². The van der Waals surface area contributed by atoms with E-state index in [1.54, 1.807) is 0 Å². The van der Waals surface area contributed by atoms with Crippen molar-refractivity contribution in [3.05, 3.63) is 51.6 Å². The largest absolute Gasteiger partial charge is 0.298 e. The molecule has 0 unspecified atom stereocenters. The van der Waals surface area contributed by atoms with Crippen molar-refractivity contribution in [1.29, 1.82) is 0 Å². The zero-order chi connectivity index (χ0) is 17.6. The fourth-order valence-corrected chi connectivity index (χ4v) is 3.33. The molecule has 3 rings (SSSR count). The molecule has 0 aliphatic rings. The molecule has 0 radical (unpaired) electrons. The average Bonchev–Trinajstić information content (AvgIpc) is 2.78. The Labute approximate surface area is 146 Å². The van der Waals surface area contributed by atoms with Crippen molar-refractivity contribution in [3.63, 3.8) is 0 Å². The van der Waals surface area contributed by atoms with Crippen molar-refractivity contribution in [2.45, 2.75) is 41.0 Å². The molecule has 2 heterocycles. The Morgan fingerprint density at radius 1 is 1.17 bits per heavy atom. The predicted octanol–water partition coefficient (Wildman–Crippen LogP) is 4.90. The van der Waals surface area contributed by atoms with E-state index in [4.69, 9.17) is 11.6 Å². The summed E-state index contributed by atoms with van der Waals surface area (Å²) in [4.78, 5) is 21.4. The molecular formula is C19H20ClN3O. The van der Waals surface area contributed by atoms with Gasteiger partial charge in [-0.1, -0.05) is 18.5 Å². The van der Waals surface area contributed by atoms with Crippen LogP contribution in [0.2, 0.25) is 5.02 Å². The van der Waals surface area contributed by atoms with Crippen LogP contribution >= 0.6 is 11.6 Å². The van der Waals surface area contributed by atoms with Crippen molar-refractivity contribution >= 4 is 28.4 Å². The highest BCUT2D eigenvalue weighted by molar-refractivity contribution is 6.30. The monoisotopic (exact) mass is 341 g/mol. The number of fused-ring (bicyclic) bond motifs is 1. The number of carbonyl (C=O) groups is 1. The maximum absolute atomic E-state index is 12.4.